The Balaban J connectivity index is 2.15. The van der Waals surface area contributed by atoms with E-state index in [0.29, 0.717) is 0 Å². The Labute approximate surface area is 63.4 Å². The predicted molar refractivity (Wildman–Crippen MR) is 42.6 cm³/mol. The third kappa shape index (κ3) is 3.21. The van der Waals surface area contributed by atoms with E-state index in [1.54, 1.807) is 0 Å². The van der Waals surface area contributed by atoms with Crippen LogP contribution in [0.25, 0.3) is 0 Å². The SMILES string of the molecule is OC1[CH]CCCCCCC1. The van der Waals surface area contributed by atoms with E-state index >= 15 is 0 Å². The molecule has 1 nitrogen and oxygen atoms in total. The summed E-state index contributed by atoms with van der Waals surface area (Å²) >= 11 is 0. The van der Waals surface area contributed by atoms with E-state index in [2.05, 4.69) is 6.42 Å². The largest absolute Gasteiger partial charge is 0.393 e. The quantitative estimate of drug-likeness (QED) is 0.548. The summed E-state index contributed by atoms with van der Waals surface area (Å²) in [6, 6.07) is 0. The summed E-state index contributed by atoms with van der Waals surface area (Å²) in [7, 11) is 0. The average molecular weight is 141 g/mol. The van der Waals surface area contributed by atoms with Crippen LogP contribution in [0.5, 0.6) is 0 Å². The summed E-state index contributed by atoms with van der Waals surface area (Å²) < 4.78 is 0. The second-order valence-corrected chi connectivity index (χ2v) is 3.15. The van der Waals surface area contributed by atoms with E-state index in [-0.39, 0.29) is 6.10 Å². The fraction of sp³-hybridized carbons (Fsp3) is 0.889. The van der Waals surface area contributed by atoms with Crippen LogP contribution in [0.1, 0.15) is 44.9 Å². The van der Waals surface area contributed by atoms with Gasteiger partial charge in [0, 0.05) is 0 Å². The molecule has 10 heavy (non-hydrogen) atoms. The molecule has 1 aliphatic carbocycles. The van der Waals surface area contributed by atoms with E-state index < -0.39 is 0 Å². The summed E-state index contributed by atoms with van der Waals surface area (Å²) in [4.78, 5) is 0. The Bertz CT molecular complexity index is 70.8. The highest BCUT2D eigenvalue weighted by Crippen LogP contribution is 2.15. The molecule has 0 spiro atoms. The Kier molecular flexibility index (Phi) is 3.81. The van der Waals surface area contributed by atoms with Gasteiger partial charge in [-0.3, -0.25) is 0 Å². The van der Waals surface area contributed by atoms with Gasteiger partial charge < -0.3 is 5.11 Å². The van der Waals surface area contributed by atoms with Gasteiger partial charge >= 0.3 is 0 Å². The maximum Gasteiger partial charge on any atom is 0.0572 e. The molecule has 1 rings (SSSR count). The second-order valence-electron chi connectivity index (χ2n) is 3.15. The highest BCUT2D eigenvalue weighted by atomic mass is 16.3. The summed E-state index contributed by atoms with van der Waals surface area (Å²) in [5.41, 5.74) is 0. The second kappa shape index (κ2) is 4.73. The minimum absolute atomic E-state index is 0.113. The maximum absolute atomic E-state index is 9.28. The van der Waals surface area contributed by atoms with Gasteiger partial charge in [0.1, 0.15) is 0 Å². The molecule has 1 atom stereocenters. The Hall–Kier alpha value is -0.0400. The lowest BCUT2D eigenvalue weighted by atomic mass is 10.1. The Morgan fingerprint density at radius 1 is 1.00 bits per heavy atom. The molecule has 1 aliphatic rings. The van der Waals surface area contributed by atoms with Crippen molar-refractivity contribution >= 4 is 0 Å². The van der Waals surface area contributed by atoms with Gasteiger partial charge in [0.05, 0.1) is 6.10 Å². The summed E-state index contributed by atoms with van der Waals surface area (Å²) in [5.74, 6) is 0. The fourth-order valence-electron chi connectivity index (χ4n) is 1.46. The molecule has 1 saturated carbocycles. The van der Waals surface area contributed by atoms with Crippen LogP contribution in [0, 0.1) is 6.42 Å². The highest BCUT2D eigenvalue weighted by Gasteiger charge is 2.05. The first-order chi connectivity index (χ1) is 4.89. The van der Waals surface area contributed by atoms with Crippen LogP contribution in [0.15, 0.2) is 0 Å². The molecule has 0 aromatic carbocycles. The Morgan fingerprint density at radius 3 is 2.60 bits per heavy atom. The van der Waals surface area contributed by atoms with Crippen molar-refractivity contribution in [1.29, 1.82) is 0 Å². The van der Waals surface area contributed by atoms with Crippen molar-refractivity contribution in [2.75, 3.05) is 0 Å². The topological polar surface area (TPSA) is 20.2 Å². The Morgan fingerprint density at radius 2 is 1.70 bits per heavy atom. The molecule has 0 aliphatic heterocycles. The van der Waals surface area contributed by atoms with Crippen LogP contribution in [0.2, 0.25) is 0 Å². The zero-order valence-electron chi connectivity index (χ0n) is 6.55. The van der Waals surface area contributed by atoms with E-state index in [1.165, 1.54) is 32.1 Å². The van der Waals surface area contributed by atoms with Crippen LogP contribution in [-0.4, -0.2) is 11.2 Å². The smallest absolute Gasteiger partial charge is 0.0572 e. The van der Waals surface area contributed by atoms with Gasteiger partial charge in [-0.2, -0.15) is 0 Å². The molecule has 0 aromatic heterocycles. The van der Waals surface area contributed by atoms with E-state index in [9.17, 15) is 5.11 Å². The molecule has 0 bridgehead atoms. The lowest BCUT2D eigenvalue weighted by molar-refractivity contribution is 0.190. The van der Waals surface area contributed by atoms with Crippen molar-refractivity contribution in [2.45, 2.75) is 51.0 Å². The van der Waals surface area contributed by atoms with Crippen molar-refractivity contribution in [2.24, 2.45) is 0 Å². The highest BCUT2D eigenvalue weighted by molar-refractivity contribution is 4.76. The number of aliphatic hydroxyl groups is 1. The van der Waals surface area contributed by atoms with Crippen molar-refractivity contribution in [3.05, 3.63) is 6.42 Å². The van der Waals surface area contributed by atoms with Gasteiger partial charge in [-0.25, -0.2) is 0 Å². The zero-order valence-corrected chi connectivity index (χ0v) is 6.55. The van der Waals surface area contributed by atoms with Gasteiger partial charge in [-0.15, -0.1) is 0 Å². The van der Waals surface area contributed by atoms with Crippen LogP contribution in [0.3, 0.4) is 0 Å². The first kappa shape index (κ1) is 8.06. The first-order valence-electron chi connectivity index (χ1n) is 4.41. The summed E-state index contributed by atoms with van der Waals surface area (Å²) in [6.07, 6.45) is 10.5. The molecule has 1 unspecified atom stereocenters. The molecular weight excluding hydrogens is 124 g/mol. The van der Waals surface area contributed by atoms with E-state index in [4.69, 9.17) is 0 Å². The lowest BCUT2D eigenvalue weighted by Gasteiger charge is -2.05. The molecule has 1 N–H and O–H groups in total. The molecule has 0 amide bonds. The number of aliphatic hydroxyl groups excluding tert-OH is 1. The summed E-state index contributed by atoms with van der Waals surface area (Å²) in [5, 5.41) is 9.28. The number of rotatable bonds is 0. The average Bonchev–Trinajstić information content (AvgIpc) is 2.02. The standard InChI is InChI=1S/C9H17O/c10-9-7-5-3-1-2-4-6-8-9/h7,9-10H,1-6,8H2. The van der Waals surface area contributed by atoms with Crippen molar-refractivity contribution in [1.82, 2.24) is 0 Å². The molecule has 0 aromatic rings. The van der Waals surface area contributed by atoms with Crippen molar-refractivity contribution in [3.63, 3.8) is 0 Å². The van der Waals surface area contributed by atoms with Crippen molar-refractivity contribution in [3.8, 4) is 0 Å². The summed E-state index contributed by atoms with van der Waals surface area (Å²) in [6.45, 7) is 0. The fourth-order valence-corrected chi connectivity index (χ4v) is 1.46. The third-order valence-corrected chi connectivity index (χ3v) is 2.14. The van der Waals surface area contributed by atoms with E-state index in [0.717, 1.165) is 12.8 Å². The van der Waals surface area contributed by atoms with Gasteiger partial charge in [0.25, 0.3) is 0 Å². The van der Waals surface area contributed by atoms with Crippen LogP contribution in [-0.2, 0) is 0 Å². The van der Waals surface area contributed by atoms with Crippen LogP contribution < -0.4 is 0 Å². The number of hydrogen-bond acceptors (Lipinski definition) is 1. The maximum atomic E-state index is 9.28. The molecule has 59 valence electrons. The monoisotopic (exact) mass is 141 g/mol. The predicted octanol–water partition coefficient (Wildman–Crippen LogP) is 2.30. The third-order valence-electron chi connectivity index (χ3n) is 2.14. The van der Waals surface area contributed by atoms with E-state index in [1.807, 2.05) is 0 Å². The zero-order chi connectivity index (χ0) is 7.23. The van der Waals surface area contributed by atoms with Crippen molar-refractivity contribution < 1.29 is 5.11 Å². The van der Waals surface area contributed by atoms with Gasteiger partial charge in [0.15, 0.2) is 0 Å². The van der Waals surface area contributed by atoms with Crippen LogP contribution >= 0.6 is 0 Å². The normalized spacial score (nSPS) is 24.9. The molecule has 1 fully saturated rings. The van der Waals surface area contributed by atoms with Gasteiger partial charge in [-0.05, 0) is 19.3 Å². The number of hydrogen-bond donors (Lipinski definition) is 1. The molecular formula is C9H17O. The molecule has 0 heterocycles. The van der Waals surface area contributed by atoms with Gasteiger partial charge in [-0.1, -0.05) is 32.1 Å². The minimum Gasteiger partial charge on any atom is -0.393 e. The van der Waals surface area contributed by atoms with Crippen LogP contribution in [0.4, 0.5) is 0 Å². The lowest BCUT2D eigenvalue weighted by Crippen LogP contribution is -2.05. The first-order valence-corrected chi connectivity index (χ1v) is 4.41. The van der Waals surface area contributed by atoms with Gasteiger partial charge in [0.2, 0.25) is 0 Å². The molecule has 1 heteroatoms. The molecule has 1 radical (unpaired) electrons. The minimum atomic E-state index is -0.113. The molecule has 0 saturated heterocycles.